The van der Waals surface area contributed by atoms with Crippen molar-refractivity contribution in [2.45, 2.75) is 6.92 Å². The van der Waals surface area contributed by atoms with Crippen molar-refractivity contribution in [2.24, 2.45) is 10.8 Å². The zero-order valence-corrected chi connectivity index (χ0v) is 15.2. The molecule has 0 heterocycles. The van der Waals surface area contributed by atoms with Gasteiger partial charge >= 0.3 is 12.0 Å². The van der Waals surface area contributed by atoms with Crippen LogP contribution < -0.4 is 20.6 Å². The Kier molecular flexibility index (Phi) is 5.86. The van der Waals surface area contributed by atoms with E-state index in [4.69, 9.17) is 15.2 Å². The highest BCUT2D eigenvalue weighted by Gasteiger charge is 2.15. The van der Waals surface area contributed by atoms with E-state index in [9.17, 15) is 9.59 Å². The van der Waals surface area contributed by atoms with Crippen LogP contribution in [0.5, 0.6) is 11.5 Å². The second kappa shape index (κ2) is 8.68. The minimum Gasteiger partial charge on any atom is -0.490 e. The quantitative estimate of drug-likeness (QED) is 0.297. The van der Waals surface area contributed by atoms with Crippen LogP contribution in [0.3, 0.4) is 0 Å². The molecule has 0 aliphatic rings. The van der Waals surface area contributed by atoms with Gasteiger partial charge in [0.15, 0.2) is 11.5 Å². The number of amides is 2. The largest absolute Gasteiger partial charge is 0.490 e. The molecule has 0 fully saturated rings. The first-order chi connectivity index (χ1) is 13.6. The fourth-order valence-electron chi connectivity index (χ4n) is 2.69. The fourth-order valence-corrected chi connectivity index (χ4v) is 2.69. The molecule has 0 aliphatic heterocycles. The van der Waals surface area contributed by atoms with Crippen LogP contribution in [0.1, 0.15) is 22.8 Å². The number of esters is 1. The summed E-state index contributed by atoms with van der Waals surface area (Å²) in [5.41, 5.74) is 8.19. The summed E-state index contributed by atoms with van der Waals surface area (Å²) in [6.07, 6.45) is 1.41. The van der Waals surface area contributed by atoms with Gasteiger partial charge in [0.25, 0.3) is 0 Å². The van der Waals surface area contributed by atoms with Gasteiger partial charge in [-0.25, -0.2) is 15.0 Å². The molecule has 2 amide bonds. The summed E-state index contributed by atoms with van der Waals surface area (Å²) >= 11 is 0. The molecule has 3 N–H and O–H groups in total. The Labute approximate surface area is 161 Å². The summed E-state index contributed by atoms with van der Waals surface area (Å²) in [4.78, 5) is 23.4. The molecular formula is C21H19N3O4. The topological polar surface area (TPSA) is 103 Å². The van der Waals surface area contributed by atoms with E-state index in [0.717, 1.165) is 10.8 Å². The van der Waals surface area contributed by atoms with E-state index < -0.39 is 12.0 Å². The summed E-state index contributed by atoms with van der Waals surface area (Å²) in [6.45, 7) is 2.21. The van der Waals surface area contributed by atoms with Crippen molar-refractivity contribution < 1.29 is 19.1 Å². The highest BCUT2D eigenvalue weighted by Crippen LogP contribution is 2.30. The predicted molar refractivity (Wildman–Crippen MR) is 107 cm³/mol. The molecule has 0 atom stereocenters. The number of primary amides is 1. The minimum absolute atomic E-state index is 0.291. The number of urea groups is 1. The average Bonchev–Trinajstić information content (AvgIpc) is 2.69. The Bertz CT molecular complexity index is 1040. The lowest BCUT2D eigenvalue weighted by Crippen LogP contribution is -2.24. The van der Waals surface area contributed by atoms with Crippen molar-refractivity contribution >= 4 is 29.0 Å². The molecule has 7 heteroatoms. The van der Waals surface area contributed by atoms with Crippen molar-refractivity contribution in [1.82, 2.24) is 5.43 Å². The fraction of sp³-hybridized carbons (Fsp3) is 0.0952. The Balaban J connectivity index is 1.87. The molecule has 0 aliphatic carbocycles. The summed E-state index contributed by atoms with van der Waals surface area (Å²) < 4.78 is 11.2. The van der Waals surface area contributed by atoms with Crippen molar-refractivity contribution in [3.8, 4) is 11.5 Å². The number of nitrogens with one attached hydrogen (secondary N) is 1. The monoisotopic (exact) mass is 377 g/mol. The van der Waals surface area contributed by atoms with Gasteiger partial charge in [0.05, 0.1) is 18.4 Å². The molecule has 142 valence electrons. The number of ether oxygens (including phenoxy) is 2. The lowest BCUT2D eigenvalue weighted by Gasteiger charge is -2.12. The van der Waals surface area contributed by atoms with Gasteiger partial charge < -0.3 is 15.2 Å². The van der Waals surface area contributed by atoms with E-state index in [2.05, 4.69) is 10.5 Å². The van der Waals surface area contributed by atoms with Crippen LogP contribution in [-0.2, 0) is 0 Å². The van der Waals surface area contributed by atoms with E-state index in [1.54, 1.807) is 24.3 Å². The normalized spacial score (nSPS) is 10.8. The SMILES string of the molecule is CCOc1cc(/C=N\NC(N)=O)ccc1OC(=O)c1cccc2ccccc12. The highest BCUT2D eigenvalue weighted by molar-refractivity contribution is 6.05. The number of carbonyl (C=O) groups excluding carboxylic acids is 2. The number of nitrogens with two attached hydrogens (primary N) is 1. The summed E-state index contributed by atoms with van der Waals surface area (Å²) in [6, 6.07) is 17.3. The molecule has 0 saturated heterocycles. The Morgan fingerprint density at radius 1 is 1.07 bits per heavy atom. The van der Waals surface area contributed by atoms with Gasteiger partial charge in [-0.1, -0.05) is 36.4 Å². The number of hydrogen-bond acceptors (Lipinski definition) is 5. The van der Waals surface area contributed by atoms with E-state index in [-0.39, 0.29) is 0 Å². The Hall–Kier alpha value is -3.87. The van der Waals surface area contributed by atoms with Crippen LogP contribution >= 0.6 is 0 Å². The molecule has 3 aromatic rings. The number of hydrazone groups is 1. The van der Waals surface area contributed by atoms with Crippen LogP contribution in [0.4, 0.5) is 4.79 Å². The molecule has 0 aromatic heterocycles. The van der Waals surface area contributed by atoms with Gasteiger partial charge in [0.2, 0.25) is 0 Å². The molecule has 3 rings (SSSR count). The number of fused-ring (bicyclic) bond motifs is 1. The highest BCUT2D eigenvalue weighted by atomic mass is 16.6. The molecule has 0 spiro atoms. The number of rotatable bonds is 6. The summed E-state index contributed by atoms with van der Waals surface area (Å²) in [5, 5.41) is 5.47. The van der Waals surface area contributed by atoms with Crippen molar-refractivity contribution in [2.75, 3.05) is 6.61 Å². The summed E-state index contributed by atoms with van der Waals surface area (Å²) in [7, 11) is 0. The number of hydrogen-bond donors (Lipinski definition) is 2. The van der Waals surface area contributed by atoms with Gasteiger partial charge in [0, 0.05) is 0 Å². The van der Waals surface area contributed by atoms with Crippen molar-refractivity contribution in [1.29, 1.82) is 0 Å². The maximum atomic E-state index is 12.8. The van der Waals surface area contributed by atoms with Crippen molar-refractivity contribution in [3.63, 3.8) is 0 Å². The molecule has 3 aromatic carbocycles. The van der Waals surface area contributed by atoms with Gasteiger partial charge in [-0.2, -0.15) is 5.10 Å². The molecule has 7 nitrogen and oxygen atoms in total. The third-order valence-corrected chi connectivity index (χ3v) is 3.87. The van der Waals surface area contributed by atoms with Crippen LogP contribution in [0.15, 0.2) is 65.8 Å². The molecule has 0 radical (unpaired) electrons. The lowest BCUT2D eigenvalue weighted by atomic mass is 10.0. The number of benzene rings is 3. The van der Waals surface area contributed by atoms with Crippen molar-refractivity contribution in [3.05, 3.63) is 71.8 Å². The average molecular weight is 377 g/mol. The van der Waals surface area contributed by atoms with Crippen LogP contribution in [0.25, 0.3) is 10.8 Å². The Morgan fingerprint density at radius 2 is 1.86 bits per heavy atom. The first-order valence-corrected chi connectivity index (χ1v) is 8.63. The van der Waals surface area contributed by atoms with E-state index in [1.165, 1.54) is 6.21 Å². The maximum Gasteiger partial charge on any atom is 0.344 e. The Morgan fingerprint density at radius 3 is 2.64 bits per heavy atom. The summed E-state index contributed by atoms with van der Waals surface area (Å²) in [5.74, 6) is 0.202. The standard InChI is InChI=1S/C21H19N3O4/c1-2-27-19-12-14(13-23-24-21(22)26)10-11-18(19)28-20(25)17-9-5-7-15-6-3-4-8-16(15)17/h3-13H,2H2,1H3,(H3,22,24,26)/b23-13-. The third-order valence-electron chi connectivity index (χ3n) is 3.87. The van der Waals surface area contributed by atoms with E-state index >= 15 is 0 Å². The zero-order chi connectivity index (χ0) is 19.9. The van der Waals surface area contributed by atoms with Gasteiger partial charge in [-0.3, -0.25) is 0 Å². The van der Waals surface area contributed by atoms with Gasteiger partial charge in [-0.05, 0) is 47.5 Å². The second-order valence-corrected chi connectivity index (χ2v) is 5.79. The van der Waals surface area contributed by atoms with Crippen LogP contribution in [-0.4, -0.2) is 24.8 Å². The second-order valence-electron chi connectivity index (χ2n) is 5.79. The van der Waals surface area contributed by atoms with E-state index in [1.807, 2.05) is 43.3 Å². The van der Waals surface area contributed by atoms with Crippen LogP contribution in [0, 0.1) is 0 Å². The smallest absolute Gasteiger partial charge is 0.344 e. The molecule has 28 heavy (non-hydrogen) atoms. The van der Waals surface area contributed by atoms with Crippen LogP contribution in [0.2, 0.25) is 0 Å². The number of carbonyl (C=O) groups is 2. The first kappa shape index (κ1) is 18.9. The zero-order valence-electron chi connectivity index (χ0n) is 15.2. The molecular weight excluding hydrogens is 358 g/mol. The lowest BCUT2D eigenvalue weighted by molar-refractivity contribution is 0.0730. The third kappa shape index (κ3) is 4.45. The predicted octanol–water partition coefficient (Wildman–Crippen LogP) is 3.46. The molecule has 0 bridgehead atoms. The first-order valence-electron chi connectivity index (χ1n) is 8.63. The molecule has 0 saturated carbocycles. The number of nitrogens with zero attached hydrogens (tertiary/aromatic N) is 1. The molecule has 0 unspecified atom stereocenters. The van der Waals surface area contributed by atoms with Gasteiger partial charge in [0.1, 0.15) is 0 Å². The minimum atomic E-state index is -0.762. The maximum absolute atomic E-state index is 12.8. The van der Waals surface area contributed by atoms with E-state index in [0.29, 0.717) is 29.2 Å². The van der Waals surface area contributed by atoms with Gasteiger partial charge in [-0.15, -0.1) is 0 Å².